The number of aromatic hydroxyl groups is 1. The molecule has 3 rings (SSSR count). The predicted octanol–water partition coefficient (Wildman–Crippen LogP) is 1.69. The van der Waals surface area contributed by atoms with Crippen molar-refractivity contribution in [3.8, 4) is 5.75 Å². The number of hydrogen-bond donors (Lipinski definition) is 2. The van der Waals surface area contributed by atoms with Crippen molar-refractivity contribution in [2.45, 2.75) is 6.10 Å². The fourth-order valence-electron chi connectivity index (χ4n) is 2.39. The molecule has 2 aromatic carbocycles. The van der Waals surface area contributed by atoms with Crippen molar-refractivity contribution in [3.05, 3.63) is 42.0 Å². The second-order valence-electron chi connectivity index (χ2n) is 4.96. The number of carbonyl (C=O) groups excluding carboxylic acids is 1. The summed E-state index contributed by atoms with van der Waals surface area (Å²) in [7, 11) is 0. The highest BCUT2D eigenvalue weighted by Crippen LogP contribution is 2.28. The molecule has 5 nitrogen and oxygen atoms in total. The highest BCUT2D eigenvalue weighted by Gasteiger charge is 2.18. The molecule has 0 radical (unpaired) electrons. The van der Waals surface area contributed by atoms with Gasteiger partial charge in [-0.15, -0.1) is 0 Å². The molecule has 1 unspecified atom stereocenters. The van der Waals surface area contributed by atoms with Gasteiger partial charge in [-0.1, -0.05) is 30.3 Å². The highest BCUT2D eigenvalue weighted by atomic mass is 16.6. The topological polar surface area (TPSA) is 67.8 Å². The maximum absolute atomic E-state index is 12.2. The standard InChI is InChI=1S/C16H17NO4/c18-15-13-4-2-1-3-11(13)5-6-14(15)16(19)17-9-12-10-20-7-8-21-12/h1-6,12,18H,7-10H2,(H,17,19). The Morgan fingerprint density at radius 3 is 2.90 bits per heavy atom. The molecule has 0 spiro atoms. The number of rotatable bonds is 3. The third-order valence-electron chi connectivity index (χ3n) is 3.52. The third kappa shape index (κ3) is 2.99. The average molecular weight is 287 g/mol. The maximum Gasteiger partial charge on any atom is 0.255 e. The minimum atomic E-state index is -0.313. The molecule has 0 bridgehead atoms. The highest BCUT2D eigenvalue weighted by molar-refractivity contribution is 6.03. The van der Waals surface area contributed by atoms with E-state index in [1.807, 2.05) is 24.3 Å². The molecule has 1 fully saturated rings. The van der Waals surface area contributed by atoms with Crippen LogP contribution in [0.1, 0.15) is 10.4 Å². The molecular weight excluding hydrogens is 270 g/mol. The van der Waals surface area contributed by atoms with Gasteiger partial charge in [0.1, 0.15) is 5.75 Å². The minimum absolute atomic E-state index is 0.00594. The SMILES string of the molecule is O=C(NCC1COCCO1)c1ccc2ccccc2c1O. The first-order chi connectivity index (χ1) is 10.3. The summed E-state index contributed by atoms with van der Waals surface area (Å²) < 4.78 is 10.7. The summed E-state index contributed by atoms with van der Waals surface area (Å²) in [5.41, 5.74) is 0.269. The Bertz CT molecular complexity index is 650. The van der Waals surface area contributed by atoms with Crippen molar-refractivity contribution in [1.29, 1.82) is 0 Å². The molecule has 1 aliphatic rings. The number of hydrogen-bond acceptors (Lipinski definition) is 4. The molecule has 1 atom stereocenters. The molecule has 1 heterocycles. The van der Waals surface area contributed by atoms with Gasteiger partial charge in [0.25, 0.3) is 5.91 Å². The number of ether oxygens (including phenoxy) is 2. The van der Waals surface area contributed by atoms with Crippen LogP contribution in [-0.2, 0) is 9.47 Å². The molecule has 1 amide bonds. The van der Waals surface area contributed by atoms with E-state index < -0.39 is 0 Å². The van der Waals surface area contributed by atoms with Crippen LogP contribution in [0.2, 0.25) is 0 Å². The molecule has 1 saturated heterocycles. The number of fused-ring (bicyclic) bond motifs is 1. The lowest BCUT2D eigenvalue weighted by molar-refractivity contribution is -0.0855. The second-order valence-corrected chi connectivity index (χ2v) is 4.96. The monoisotopic (exact) mass is 287 g/mol. The summed E-state index contributed by atoms with van der Waals surface area (Å²) >= 11 is 0. The summed E-state index contributed by atoms with van der Waals surface area (Å²) in [4.78, 5) is 12.2. The van der Waals surface area contributed by atoms with Crippen LogP contribution in [-0.4, -0.2) is 43.5 Å². The fourth-order valence-corrected chi connectivity index (χ4v) is 2.39. The third-order valence-corrected chi connectivity index (χ3v) is 3.52. The van der Waals surface area contributed by atoms with Crippen LogP contribution in [0.25, 0.3) is 10.8 Å². The van der Waals surface area contributed by atoms with E-state index in [0.717, 1.165) is 5.39 Å². The van der Waals surface area contributed by atoms with Crippen LogP contribution in [0.15, 0.2) is 36.4 Å². The first-order valence-corrected chi connectivity index (χ1v) is 6.94. The summed E-state index contributed by atoms with van der Waals surface area (Å²) in [6.07, 6.45) is -0.134. The van der Waals surface area contributed by atoms with Gasteiger partial charge in [-0.3, -0.25) is 4.79 Å². The van der Waals surface area contributed by atoms with E-state index in [2.05, 4.69) is 5.32 Å². The van der Waals surface area contributed by atoms with Crippen molar-refractivity contribution in [3.63, 3.8) is 0 Å². The van der Waals surface area contributed by atoms with E-state index in [4.69, 9.17) is 9.47 Å². The number of benzene rings is 2. The van der Waals surface area contributed by atoms with Crippen molar-refractivity contribution >= 4 is 16.7 Å². The zero-order valence-electron chi connectivity index (χ0n) is 11.5. The molecular formula is C16H17NO4. The zero-order valence-corrected chi connectivity index (χ0v) is 11.5. The Kier molecular flexibility index (Phi) is 4.03. The maximum atomic E-state index is 12.2. The summed E-state index contributed by atoms with van der Waals surface area (Å²) in [6, 6.07) is 10.9. The van der Waals surface area contributed by atoms with Gasteiger partial charge >= 0.3 is 0 Å². The van der Waals surface area contributed by atoms with Gasteiger partial charge in [0.2, 0.25) is 0 Å². The molecule has 1 aliphatic heterocycles. The van der Waals surface area contributed by atoms with E-state index in [9.17, 15) is 9.90 Å². The lowest BCUT2D eigenvalue weighted by atomic mass is 10.0. The van der Waals surface area contributed by atoms with Gasteiger partial charge < -0.3 is 19.9 Å². The van der Waals surface area contributed by atoms with E-state index in [-0.39, 0.29) is 23.3 Å². The Hall–Kier alpha value is -2.11. The minimum Gasteiger partial charge on any atom is -0.506 e. The van der Waals surface area contributed by atoms with Crippen LogP contribution < -0.4 is 5.32 Å². The molecule has 110 valence electrons. The molecule has 2 N–H and O–H groups in total. The molecule has 0 aliphatic carbocycles. The zero-order chi connectivity index (χ0) is 14.7. The Morgan fingerprint density at radius 2 is 2.10 bits per heavy atom. The smallest absolute Gasteiger partial charge is 0.255 e. The molecule has 0 aromatic heterocycles. The Balaban J connectivity index is 1.73. The Labute approximate surface area is 122 Å². The van der Waals surface area contributed by atoms with E-state index in [1.54, 1.807) is 12.1 Å². The van der Waals surface area contributed by atoms with Crippen LogP contribution in [0.5, 0.6) is 5.75 Å². The molecule has 5 heteroatoms. The van der Waals surface area contributed by atoms with Crippen molar-refractivity contribution in [1.82, 2.24) is 5.32 Å². The van der Waals surface area contributed by atoms with Gasteiger partial charge in [0.15, 0.2) is 0 Å². The van der Waals surface area contributed by atoms with Crippen LogP contribution >= 0.6 is 0 Å². The lowest BCUT2D eigenvalue weighted by Crippen LogP contribution is -2.39. The van der Waals surface area contributed by atoms with Gasteiger partial charge in [-0.05, 0) is 11.5 Å². The van der Waals surface area contributed by atoms with Gasteiger partial charge in [0, 0.05) is 11.9 Å². The first kappa shape index (κ1) is 13.9. The second kappa shape index (κ2) is 6.11. The molecule has 21 heavy (non-hydrogen) atoms. The van der Waals surface area contributed by atoms with Crippen LogP contribution in [0, 0.1) is 0 Å². The van der Waals surface area contributed by atoms with Crippen LogP contribution in [0.3, 0.4) is 0 Å². The van der Waals surface area contributed by atoms with Gasteiger partial charge in [-0.25, -0.2) is 0 Å². The summed E-state index contributed by atoms with van der Waals surface area (Å²) in [6.45, 7) is 1.98. The predicted molar refractivity (Wildman–Crippen MR) is 78.5 cm³/mol. The average Bonchev–Trinajstić information content (AvgIpc) is 2.54. The van der Waals surface area contributed by atoms with Gasteiger partial charge in [0.05, 0.1) is 31.5 Å². The lowest BCUT2D eigenvalue weighted by Gasteiger charge is -2.23. The number of phenols is 1. The fraction of sp³-hybridized carbons (Fsp3) is 0.312. The van der Waals surface area contributed by atoms with Crippen molar-refractivity contribution in [2.24, 2.45) is 0 Å². The number of nitrogens with one attached hydrogen (secondary N) is 1. The molecule has 2 aromatic rings. The van der Waals surface area contributed by atoms with Crippen molar-refractivity contribution < 1.29 is 19.4 Å². The van der Waals surface area contributed by atoms with Crippen molar-refractivity contribution in [2.75, 3.05) is 26.4 Å². The molecule has 0 saturated carbocycles. The van der Waals surface area contributed by atoms with E-state index >= 15 is 0 Å². The number of phenolic OH excluding ortho intramolecular Hbond substituents is 1. The number of amides is 1. The number of carbonyl (C=O) groups is 1. The van der Waals surface area contributed by atoms with Crippen LogP contribution in [0.4, 0.5) is 0 Å². The largest absolute Gasteiger partial charge is 0.506 e. The van der Waals surface area contributed by atoms with E-state index in [0.29, 0.717) is 31.8 Å². The Morgan fingerprint density at radius 1 is 1.24 bits per heavy atom. The first-order valence-electron chi connectivity index (χ1n) is 6.94. The van der Waals surface area contributed by atoms with E-state index in [1.165, 1.54) is 0 Å². The normalized spacial score (nSPS) is 18.6. The quantitative estimate of drug-likeness (QED) is 0.901. The van der Waals surface area contributed by atoms with Gasteiger partial charge in [-0.2, -0.15) is 0 Å². The summed E-state index contributed by atoms with van der Waals surface area (Å²) in [5.74, 6) is -0.307. The summed E-state index contributed by atoms with van der Waals surface area (Å²) in [5, 5.41) is 14.6.